The molecule has 19 heavy (non-hydrogen) atoms. The van der Waals surface area contributed by atoms with Gasteiger partial charge in [0.25, 0.3) is 0 Å². The first-order valence-corrected chi connectivity index (χ1v) is 6.69. The van der Waals surface area contributed by atoms with Gasteiger partial charge in [0.1, 0.15) is 0 Å². The molecule has 1 heterocycles. The van der Waals surface area contributed by atoms with Crippen molar-refractivity contribution in [1.82, 2.24) is 15.0 Å². The molecule has 0 bridgehead atoms. The van der Waals surface area contributed by atoms with Crippen molar-refractivity contribution >= 4 is 46.4 Å². The Bertz CT molecular complexity index is 574. The highest BCUT2D eigenvalue weighted by atomic mass is 35.5. The fraction of sp³-hybridized carbons (Fsp3) is 0.182. The molecule has 0 unspecified atom stereocenters. The number of halogens is 4. The van der Waals surface area contributed by atoms with Crippen molar-refractivity contribution in [3.63, 3.8) is 0 Å². The third-order valence-electron chi connectivity index (χ3n) is 2.18. The molecule has 0 spiro atoms. The van der Waals surface area contributed by atoms with Gasteiger partial charge in [-0.25, -0.2) is 0 Å². The van der Waals surface area contributed by atoms with Crippen molar-refractivity contribution in [2.75, 3.05) is 6.61 Å². The summed E-state index contributed by atoms with van der Waals surface area (Å²) < 4.78 is 5.33. The maximum Gasteiger partial charge on any atom is 0.322 e. The first-order chi connectivity index (χ1) is 9.04. The predicted octanol–water partition coefficient (Wildman–Crippen LogP) is 4.11. The van der Waals surface area contributed by atoms with E-state index in [0.717, 1.165) is 5.56 Å². The van der Waals surface area contributed by atoms with Gasteiger partial charge in [0.2, 0.25) is 10.6 Å². The van der Waals surface area contributed by atoms with E-state index in [0.29, 0.717) is 23.1 Å². The molecule has 0 radical (unpaired) electrons. The smallest absolute Gasteiger partial charge is 0.322 e. The maximum atomic E-state index is 6.04. The van der Waals surface area contributed by atoms with Crippen LogP contribution in [0.1, 0.15) is 5.56 Å². The predicted molar refractivity (Wildman–Crippen MR) is 75.5 cm³/mol. The lowest BCUT2D eigenvalue weighted by Gasteiger charge is -2.06. The van der Waals surface area contributed by atoms with E-state index < -0.39 is 0 Å². The van der Waals surface area contributed by atoms with Crippen LogP contribution in [-0.2, 0) is 6.42 Å². The van der Waals surface area contributed by atoms with Crippen LogP contribution in [0.3, 0.4) is 0 Å². The lowest BCUT2D eigenvalue weighted by molar-refractivity contribution is 0.295. The van der Waals surface area contributed by atoms with E-state index in [1.165, 1.54) is 0 Å². The molecule has 0 aliphatic carbocycles. The molecular formula is C11H7Cl4N3O. The SMILES string of the molecule is Clc1ccc(CCOc2nc(Cl)nc(Cl)n2)c(Cl)c1. The van der Waals surface area contributed by atoms with Gasteiger partial charge in [0.15, 0.2) is 0 Å². The van der Waals surface area contributed by atoms with Crippen LogP contribution < -0.4 is 4.74 Å². The summed E-state index contributed by atoms with van der Waals surface area (Å²) in [7, 11) is 0. The van der Waals surface area contributed by atoms with Crippen molar-refractivity contribution in [3.8, 4) is 6.01 Å². The Kier molecular flexibility index (Phi) is 5.05. The van der Waals surface area contributed by atoms with Gasteiger partial charge in [-0.05, 0) is 40.9 Å². The molecule has 2 rings (SSSR count). The standard InChI is InChI=1S/C11H7Cl4N3O/c12-7-2-1-6(8(13)5-7)3-4-19-11-17-9(14)16-10(15)18-11/h1-2,5H,3-4H2. The average Bonchev–Trinajstić information content (AvgIpc) is 2.30. The van der Waals surface area contributed by atoms with Crippen LogP contribution in [0.25, 0.3) is 0 Å². The molecule has 100 valence electrons. The van der Waals surface area contributed by atoms with Gasteiger partial charge in [-0.3, -0.25) is 0 Å². The van der Waals surface area contributed by atoms with Gasteiger partial charge in [-0.2, -0.15) is 15.0 Å². The zero-order valence-electron chi connectivity index (χ0n) is 9.41. The van der Waals surface area contributed by atoms with Crippen molar-refractivity contribution < 1.29 is 4.74 Å². The molecule has 0 N–H and O–H groups in total. The molecule has 4 nitrogen and oxygen atoms in total. The summed E-state index contributed by atoms with van der Waals surface area (Å²) in [5, 5.41) is 1.15. The van der Waals surface area contributed by atoms with Crippen molar-refractivity contribution in [3.05, 3.63) is 44.4 Å². The monoisotopic (exact) mass is 337 g/mol. The molecule has 1 aromatic heterocycles. The first-order valence-electron chi connectivity index (χ1n) is 5.18. The van der Waals surface area contributed by atoms with Crippen LogP contribution in [-0.4, -0.2) is 21.6 Å². The highest BCUT2D eigenvalue weighted by Gasteiger charge is 2.06. The number of hydrogen-bond donors (Lipinski definition) is 0. The van der Waals surface area contributed by atoms with Crippen molar-refractivity contribution in [2.45, 2.75) is 6.42 Å². The second-order valence-corrected chi connectivity index (χ2v) is 5.01. The summed E-state index contributed by atoms with van der Waals surface area (Å²) in [5.41, 5.74) is 0.914. The number of hydrogen-bond acceptors (Lipinski definition) is 4. The van der Waals surface area contributed by atoms with Crippen molar-refractivity contribution in [2.24, 2.45) is 0 Å². The Morgan fingerprint density at radius 2 is 1.63 bits per heavy atom. The van der Waals surface area contributed by atoms with E-state index in [-0.39, 0.29) is 16.6 Å². The van der Waals surface area contributed by atoms with E-state index >= 15 is 0 Å². The molecule has 8 heteroatoms. The van der Waals surface area contributed by atoms with Gasteiger partial charge in [-0.1, -0.05) is 29.3 Å². The Morgan fingerprint density at radius 1 is 0.947 bits per heavy atom. The Morgan fingerprint density at radius 3 is 2.26 bits per heavy atom. The van der Waals surface area contributed by atoms with Gasteiger partial charge in [-0.15, -0.1) is 0 Å². The number of rotatable bonds is 4. The van der Waals surface area contributed by atoms with Crippen LogP contribution in [0, 0.1) is 0 Å². The van der Waals surface area contributed by atoms with E-state index in [2.05, 4.69) is 15.0 Å². The normalized spacial score (nSPS) is 10.5. The quantitative estimate of drug-likeness (QED) is 0.841. The molecule has 0 aliphatic rings. The van der Waals surface area contributed by atoms with Gasteiger partial charge >= 0.3 is 6.01 Å². The summed E-state index contributed by atoms with van der Waals surface area (Å²) in [6, 6.07) is 5.35. The number of aromatic nitrogens is 3. The number of benzene rings is 1. The minimum atomic E-state index is -0.0143. The maximum absolute atomic E-state index is 6.04. The summed E-state index contributed by atoms with van der Waals surface area (Å²) in [4.78, 5) is 11.2. The van der Waals surface area contributed by atoms with Crippen LogP contribution in [0.5, 0.6) is 6.01 Å². The van der Waals surface area contributed by atoms with Crippen LogP contribution in [0.2, 0.25) is 20.6 Å². The third-order valence-corrected chi connectivity index (χ3v) is 3.10. The largest absolute Gasteiger partial charge is 0.463 e. The van der Waals surface area contributed by atoms with Crippen LogP contribution in [0.15, 0.2) is 18.2 Å². The van der Waals surface area contributed by atoms with E-state index in [9.17, 15) is 0 Å². The Balaban J connectivity index is 1.96. The third kappa shape index (κ3) is 4.35. The van der Waals surface area contributed by atoms with E-state index in [4.69, 9.17) is 51.1 Å². The molecule has 0 saturated carbocycles. The topological polar surface area (TPSA) is 47.9 Å². The lowest BCUT2D eigenvalue weighted by atomic mass is 10.2. The number of ether oxygens (including phenoxy) is 1. The van der Waals surface area contributed by atoms with E-state index in [1.54, 1.807) is 12.1 Å². The minimum Gasteiger partial charge on any atom is -0.463 e. The fourth-order valence-corrected chi connectivity index (χ4v) is 2.20. The lowest BCUT2D eigenvalue weighted by Crippen LogP contribution is -2.05. The molecule has 2 aromatic rings. The zero-order chi connectivity index (χ0) is 13.8. The van der Waals surface area contributed by atoms with Gasteiger partial charge in [0.05, 0.1) is 6.61 Å². The zero-order valence-corrected chi connectivity index (χ0v) is 12.4. The molecule has 0 aliphatic heterocycles. The van der Waals surface area contributed by atoms with Gasteiger partial charge in [0, 0.05) is 16.5 Å². The fourth-order valence-electron chi connectivity index (χ4n) is 1.35. The minimum absolute atomic E-state index is 0.0143. The first kappa shape index (κ1) is 14.6. The molecule has 0 amide bonds. The van der Waals surface area contributed by atoms with Crippen LogP contribution >= 0.6 is 46.4 Å². The highest BCUT2D eigenvalue weighted by Crippen LogP contribution is 2.21. The molecule has 0 fully saturated rings. The molecule has 0 atom stereocenters. The molecule has 0 saturated heterocycles. The number of nitrogens with zero attached hydrogens (tertiary/aromatic N) is 3. The summed E-state index contributed by atoms with van der Waals surface area (Å²) in [5.74, 6) is 0. The van der Waals surface area contributed by atoms with Gasteiger partial charge < -0.3 is 4.74 Å². The summed E-state index contributed by atoms with van der Waals surface area (Å²) >= 11 is 23.1. The molecular weight excluding hydrogens is 332 g/mol. The van der Waals surface area contributed by atoms with E-state index in [1.807, 2.05) is 6.07 Å². The van der Waals surface area contributed by atoms with Crippen LogP contribution in [0.4, 0.5) is 0 Å². The average molecular weight is 339 g/mol. The second-order valence-electron chi connectivity index (χ2n) is 3.49. The highest BCUT2D eigenvalue weighted by molar-refractivity contribution is 6.35. The second kappa shape index (κ2) is 6.57. The summed E-state index contributed by atoms with van der Waals surface area (Å²) in [6.07, 6.45) is 0.580. The summed E-state index contributed by atoms with van der Waals surface area (Å²) in [6.45, 7) is 0.331. The molecule has 1 aromatic carbocycles. The Labute approximate surface area is 129 Å². The Hall–Kier alpha value is -0.810. The van der Waals surface area contributed by atoms with Crippen molar-refractivity contribution in [1.29, 1.82) is 0 Å².